The predicted molar refractivity (Wildman–Crippen MR) is 152 cm³/mol. The van der Waals surface area contributed by atoms with E-state index < -0.39 is 48.0 Å². The summed E-state index contributed by atoms with van der Waals surface area (Å²) < 4.78 is 0. The largest absolute Gasteiger partial charge is 0.480 e. The summed E-state index contributed by atoms with van der Waals surface area (Å²) in [6.45, 7) is 1.63. The molecule has 0 aliphatic rings. The Morgan fingerprint density at radius 1 is 0.590 bits per heavy atom. The van der Waals surface area contributed by atoms with Gasteiger partial charge in [0.1, 0.15) is 24.2 Å². The number of rotatable bonds is 17. The number of hydrogen-bond acceptors (Lipinski definition) is 12. The lowest BCUT2D eigenvalue weighted by Crippen LogP contribution is -2.31. The highest BCUT2D eigenvalue weighted by Gasteiger charge is 2.10. The van der Waals surface area contributed by atoms with Gasteiger partial charge < -0.3 is 66.3 Å². The first kappa shape index (κ1) is 43.3. The molecule has 0 bridgehead atoms. The lowest BCUT2D eigenvalue weighted by molar-refractivity contribution is -0.139. The van der Waals surface area contributed by atoms with Crippen LogP contribution in [0, 0.1) is 0 Å². The Balaban J connectivity index is -0.000000213. The van der Waals surface area contributed by atoms with Crippen LogP contribution in [0.4, 0.5) is 0 Å². The van der Waals surface area contributed by atoms with Crippen molar-refractivity contribution in [2.75, 3.05) is 25.4 Å². The molecule has 0 aromatic heterocycles. The molecule has 0 heterocycles. The molecule has 0 saturated carbocycles. The highest BCUT2D eigenvalue weighted by Crippen LogP contribution is 1.98. The molecule has 17 nitrogen and oxygen atoms in total. The van der Waals surface area contributed by atoms with Crippen LogP contribution < -0.4 is 45.9 Å². The maximum Gasteiger partial charge on any atom is 0.321 e. The number of aliphatic imine (C=N–C) groups is 1. The quantitative estimate of drug-likeness (QED) is 0.0345. The second-order valence-electron chi connectivity index (χ2n) is 7.98. The molecular formula is C21H49N9O8S. The number of hydrogen-bond donors (Lipinski definition) is 13. The van der Waals surface area contributed by atoms with E-state index in [0.29, 0.717) is 45.3 Å². The van der Waals surface area contributed by atoms with Crippen LogP contribution in [0.5, 0.6) is 0 Å². The van der Waals surface area contributed by atoms with Crippen LogP contribution in [-0.2, 0) is 19.2 Å². The minimum atomic E-state index is -1.00. The number of guanidine groups is 1. The van der Waals surface area contributed by atoms with Crippen LogP contribution in [-0.4, -0.2) is 99.8 Å². The molecule has 0 fully saturated rings. The van der Waals surface area contributed by atoms with E-state index in [9.17, 15) is 19.2 Å². The Morgan fingerprint density at radius 2 is 0.897 bits per heavy atom. The highest BCUT2D eigenvalue weighted by molar-refractivity contribution is 7.80. The van der Waals surface area contributed by atoms with Gasteiger partial charge >= 0.3 is 23.9 Å². The number of carbonyl (C=O) groups is 4. The predicted octanol–water partition coefficient (Wildman–Crippen LogP) is -3.17. The third-order valence-electron chi connectivity index (χ3n) is 4.37. The molecule has 18 heteroatoms. The molecule has 20 N–H and O–H groups in total. The van der Waals surface area contributed by atoms with Gasteiger partial charge in [-0.05, 0) is 51.6 Å². The van der Waals surface area contributed by atoms with Crippen molar-refractivity contribution < 1.29 is 39.6 Å². The van der Waals surface area contributed by atoms with Gasteiger partial charge in [0.05, 0.1) is 0 Å². The molecule has 0 aromatic carbocycles. The number of carboxylic acid groups (broad SMARTS) is 4. The molecule has 0 spiro atoms. The second-order valence-corrected chi connectivity index (χ2v) is 8.34. The zero-order chi connectivity index (χ0) is 31.4. The van der Waals surface area contributed by atoms with Gasteiger partial charge in [-0.3, -0.25) is 24.2 Å². The molecule has 232 valence electrons. The van der Waals surface area contributed by atoms with Crippen molar-refractivity contribution in [2.45, 2.75) is 75.5 Å². The minimum absolute atomic E-state index is 0.0129. The van der Waals surface area contributed by atoms with Crippen molar-refractivity contribution in [3.05, 3.63) is 0 Å². The smallest absolute Gasteiger partial charge is 0.321 e. The molecule has 0 saturated heterocycles. The summed E-state index contributed by atoms with van der Waals surface area (Å²) in [5.74, 6) is -3.67. The molecule has 0 aliphatic carbocycles. The summed E-state index contributed by atoms with van der Waals surface area (Å²) in [6.07, 6.45) is 5.28. The number of thiol groups is 1. The van der Waals surface area contributed by atoms with E-state index in [2.05, 4.69) is 17.6 Å². The molecule has 4 unspecified atom stereocenters. The molecular weight excluding hydrogens is 538 g/mol. The van der Waals surface area contributed by atoms with E-state index in [1.807, 2.05) is 0 Å². The van der Waals surface area contributed by atoms with Gasteiger partial charge in [-0.15, -0.1) is 0 Å². The molecule has 0 amide bonds. The summed E-state index contributed by atoms with van der Waals surface area (Å²) in [6, 6.07) is -3.07. The zero-order valence-corrected chi connectivity index (χ0v) is 23.1. The average Bonchev–Trinajstić information content (AvgIpc) is 2.86. The van der Waals surface area contributed by atoms with Gasteiger partial charge in [-0.1, -0.05) is 12.8 Å². The number of carboxylic acids is 4. The van der Waals surface area contributed by atoms with Crippen molar-refractivity contribution in [3.8, 4) is 0 Å². The van der Waals surface area contributed by atoms with Crippen molar-refractivity contribution in [2.24, 2.45) is 50.9 Å². The average molecular weight is 588 g/mol. The maximum atomic E-state index is 10.2. The number of nitrogens with two attached hydrogens (primary N) is 8. The maximum absolute atomic E-state index is 10.2. The van der Waals surface area contributed by atoms with E-state index in [0.717, 1.165) is 25.7 Å². The fourth-order valence-electron chi connectivity index (χ4n) is 1.99. The van der Waals surface area contributed by atoms with Crippen molar-refractivity contribution in [1.82, 2.24) is 0 Å². The van der Waals surface area contributed by atoms with Gasteiger partial charge in [-0.25, -0.2) is 0 Å². The first-order valence-electron chi connectivity index (χ1n) is 12.1. The monoisotopic (exact) mass is 587 g/mol. The van der Waals surface area contributed by atoms with E-state index in [1.54, 1.807) is 0 Å². The van der Waals surface area contributed by atoms with Crippen molar-refractivity contribution in [1.29, 1.82) is 0 Å². The van der Waals surface area contributed by atoms with Crippen LogP contribution in [0.25, 0.3) is 0 Å². The van der Waals surface area contributed by atoms with E-state index in [1.165, 1.54) is 0 Å². The van der Waals surface area contributed by atoms with Crippen LogP contribution in [0.15, 0.2) is 4.99 Å². The summed E-state index contributed by atoms with van der Waals surface area (Å²) in [7, 11) is 0. The van der Waals surface area contributed by atoms with Gasteiger partial charge in [0.2, 0.25) is 0 Å². The third kappa shape index (κ3) is 37.5. The Hall–Kier alpha value is -2.74. The Labute approximate surface area is 234 Å². The first-order chi connectivity index (χ1) is 18.1. The fraction of sp³-hybridized carbons (Fsp3) is 0.762. The zero-order valence-electron chi connectivity index (χ0n) is 22.2. The van der Waals surface area contributed by atoms with Crippen LogP contribution in [0.1, 0.15) is 51.4 Å². The number of aliphatic carboxylic acids is 4. The van der Waals surface area contributed by atoms with Crippen LogP contribution in [0.2, 0.25) is 0 Å². The van der Waals surface area contributed by atoms with E-state index in [-0.39, 0.29) is 11.7 Å². The summed E-state index contributed by atoms with van der Waals surface area (Å²) in [5, 5.41) is 33.0. The fourth-order valence-corrected chi connectivity index (χ4v) is 2.14. The number of nitrogens with zero attached hydrogens (tertiary/aromatic N) is 1. The number of unbranched alkanes of at least 4 members (excludes halogenated alkanes) is 2. The second kappa shape index (κ2) is 29.8. The molecule has 0 rings (SSSR count). The Kier molecular flexibility index (Phi) is 33.1. The Bertz CT molecular complexity index is 660. The standard InChI is InChI=1S/C6H14N4O2.2C6H14N2O2.C3H7NO2S/c7-4(5(11)12)2-1-3-10-6(8)9;2*7-4-2-1-3-5(8)6(9)10;4-2(1-7)3(5)6/h4H,1-3,7H2,(H,11,12)(H4,8,9,10);2*5H,1-4,7-8H2,(H,9,10);2,7H,1,4H2,(H,5,6). The molecule has 4 atom stereocenters. The molecule has 0 aliphatic heterocycles. The summed E-state index contributed by atoms with van der Waals surface area (Å²) in [4.78, 5) is 43.9. The lowest BCUT2D eigenvalue weighted by Gasteiger charge is -2.03. The van der Waals surface area contributed by atoms with Crippen molar-refractivity contribution >= 4 is 42.5 Å². The minimum Gasteiger partial charge on any atom is -0.480 e. The van der Waals surface area contributed by atoms with Crippen molar-refractivity contribution in [3.63, 3.8) is 0 Å². The molecule has 0 radical (unpaired) electrons. The van der Waals surface area contributed by atoms with Gasteiger partial charge in [0.25, 0.3) is 0 Å². The Morgan fingerprint density at radius 3 is 1.10 bits per heavy atom. The normalized spacial score (nSPS) is 12.8. The van der Waals surface area contributed by atoms with Gasteiger partial charge in [-0.2, -0.15) is 12.6 Å². The topological polar surface area (TPSA) is 370 Å². The van der Waals surface area contributed by atoms with Gasteiger partial charge in [0.15, 0.2) is 5.96 Å². The van der Waals surface area contributed by atoms with E-state index >= 15 is 0 Å². The third-order valence-corrected chi connectivity index (χ3v) is 4.77. The summed E-state index contributed by atoms with van der Waals surface area (Å²) >= 11 is 3.65. The van der Waals surface area contributed by atoms with Gasteiger partial charge in [0, 0.05) is 12.3 Å². The van der Waals surface area contributed by atoms with Crippen LogP contribution >= 0.6 is 12.6 Å². The molecule has 0 aromatic rings. The van der Waals surface area contributed by atoms with Crippen LogP contribution in [0.3, 0.4) is 0 Å². The highest BCUT2D eigenvalue weighted by atomic mass is 32.1. The van der Waals surface area contributed by atoms with E-state index in [4.69, 9.17) is 66.3 Å². The SMILES string of the molecule is NC(CS)C(=O)O.NC(N)=NCCCC(N)C(=O)O.NCCCCC(N)C(=O)O.NCCCCC(N)C(=O)O. The summed E-state index contributed by atoms with van der Waals surface area (Å²) in [5.41, 5.74) is 41.1. The molecule has 39 heavy (non-hydrogen) atoms. The lowest BCUT2D eigenvalue weighted by atomic mass is 10.1. The first-order valence-corrected chi connectivity index (χ1v) is 12.7.